The van der Waals surface area contributed by atoms with E-state index in [1.54, 1.807) is 0 Å². The first-order valence-corrected chi connectivity index (χ1v) is 3.73. The predicted molar refractivity (Wildman–Crippen MR) is 43.4 cm³/mol. The molecule has 0 aromatic rings. The van der Waals surface area contributed by atoms with Gasteiger partial charge in [0, 0.05) is 27.1 Å². The van der Waals surface area contributed by atoms with E-state index < -0.39 is 0 Å². The summed E-state index contributed by atoms with van der Waals surface area (Å²) in [5.41, 5.74) is 0. The molecule has 0 aromatic heterocycles. The van der Waals surface area contributed by atoms with E-state index in [2.05, 4.69) is 10.3 Å². The minimum Gasteiger partial charge on any atom is -0.346 e. The number of rotatable bonds is 0. The van der Waals surface area contributed by atoms with E-state index in [0.717, 1.165) is 19.5 Å². The summed E-state index contributed by atoms with van der Waals surface area (Å²) in [6, 6.07) is 0. The number of carbonyl (C=O) groups excluding carboxylic acids is 1. The minimum atomic E-state index is -0.0579. The zero-order chi connectivity index (χ0) is 8.27. The lowest BCUT2D eigenvalue weighted by Crippen LogP contribution is -2.43. The van der Waals surface area contributed by atoms with Crippen molar-refractivity contribution in [2.75, 3.05) is 20.1 Å². The number of carbonyl (C=O) groups is 1. The molecule has 1 heterocycles. The summed E-state index contributed by atoms with van der Waals surface area (Å²) in [5.74, 6) is 0.640. The molecular weight excluding hydrogens is 142 g/mol. The Morgan fingerprint density at radius 1 is 1.73 bits per heavy atom. The molecule has 0 aliphatic carbocycles. The van der Waals surface area contributed by atoms with Gasteiger partial charge in [0.15, 0.2) is 5.96 Å². The fourth-order valence-corrected chi connectivity index (χ4v) is 1.01. The monoisotopic (exact) mass is 155 g/mol. The van der Waals surface area contributed by atoms with E-state index >= 15 is 0 Å². The Bertz CT molecular complexity index is 188. The van der Waals surface area contributed by atoms with E-state index in [9.17, 15) is 4.79 Å². The lowest BCUT2D eigenvalue weighted by molar-refractivity contribution is -0.117. The van der Waals surface area contributed by atoms with E-state index in [-0.39, 0.29) is 5.91 Å². The van der Waals surface area contributed by atoms with Gasteiger partial charge in [0.25, 0.3) is 0 Å². The molecule has 4 heteroatoms. The van der Waals surface area contributed by atoms with Gasteiger partial charge in [-0.15, -0.1) is 0 Å². The Labute approximate surface area is 66.3 Å². The number of aliphatic imine (C=N–C) groups is 1. The van der Waals surface area contributed by atoms with Crippen molar-refractivity contribution in [3.05, 3.63) is 0 Å². The van der Waals surface area contributed by atoms with Crippen LogP contribution in [0, 0.1) is 0 Å². The molecule has 4 nitrogen and oxygen atoms in total. The van der Waals surface area contributed by atoms with Crippen molar-refractivity contribution in [3.8, 4) is 0 Å². The van der Waals surface area contributed by atoms with E-state index in [0.29, 0.717) is 5.96 Å². The van der Waals surface area contributed by atoms with Gasteiger partial charge in [0.2, 0.25) is 5.91 Å². The highest BCUT2D eigenvalue weighted by molar-refractivity contribution is 5.95. The Morgan fingerprint density at radius 3 is 3.00 bits per heavy atom. The van der Waals surface area contributed by atoms with E-state index in [1.165, 1.54) is 6.92 Å². The van der Waals surface area contributed by atoms with Crippen molar-refractivity contribution in [1.29, 1.82) is 0 Å². The van der Waals surface area contributed by atoms with Crippen LogP contribution in [0.25, 0.3) is 0 Å². The molecule has 0 saturated carbocycles. The van der Waals surface area contributed by atoms with Crippen LogP contribution in [0.4, 0.5) is 0 Å². The van der Waals surface area contributed by atoms with Crippen LogP contribution in [0.5, 0.6) is 0 Å². The third-order valence-corrected chi connectivity index (χ3v) is 1.56. The average Bonchev–Trinajstić information content (AvgIpc) is 1.93. The molecule has 0 radical (unpaired) electrons. The normalized spacial score (nSPS) is 17.6. The van der Waals surface area contributed by atoms with E-state index in [1.807, 2.05) is 11.9 Å². The lowest BCUT2D eigenvalue weighted by atomic mass is 10.3. The Hall–Kier alpha value is -1.06. The van der Waals surface area contributed by atoms with Crippen molar-refractivity contribution < 1.29 is 4.79 Å². The maximum Gasteiger partial charge on any atom is 0.223 e. The smallest absolute Gasteiger partial charge is 0.223 e. The van der Waals surface area contributed by atoms with Crippen LogP contribution in [0.2, 0.25) is 0 Å². The van der Waals surface area contributed by atoms with Crippen molar-refractivity contribution in [3.63, 3.8) is 0 Å². The van der Waals surface area contributed by atoms with Gasteiger partial charge in [0.05, 0.1) is 0 Å². The van der Waals surface area contributed by atoms with Crippen LogP contribution in [0.3, 0.4) is 0 Å². The third-order valence-electron chi connectivity index (χ3n) is 1.56. The molecule has 1 aliphatic heterocycles. The highest BCUT2D eigenvalue weighted by Crippen LogP contribution is 1.96. The standard InChI is InChI=1S/C7H13N3O/c1-6(11)9-7-8-4-3-5-10(7)2/h3-5H2,1-2H3,(H,8,9,11). The highest BCUT2D eigenvalue weighted by Gasteiger charge is 2.10. The predicted octanol–water partition coefficient (Wildman–Crippen LogP) is -0.186. The van der Waals surface area contributed by atoms with Crippen LogP contribution < -0.4 is 5.32 Å². The number of nitrogens with one attached hydrogen (secondary N) is 1. The quantitative estimate of drug-likeness (QED) is 0.527. The zero-order valence-corrected chi connectivity index (χ0v) is 6.92. The minimum absolute atomic E-state index is 0.0579. The van der Waals surface area contributed by atoms with Crippen molar-refractivity contribution in [1.82, 2.24) is 10.2 Å². The number of amides is 1. The van der Waals surface area contributed by atoms with Crippen LogP contribution in [-0.4, -0.2) is 36.9 Å². The SMILES string of the molecule is CC(=O)NC1=NCCCN1C. The molecule has 0 saturated heterocycles. The van der Waals surface area contributed by atoms with Crippen LogP contribution >= 0.6 is 0 Å². The van der Waals surface area contributed by atoms with Gasteiger partial charge < -0.3 is 4.90 Å². The first kappa shape index (κ1) is 8.04. The molecule has 1 aliphatic rings. The molecule has 11 heavy (non-hydrogen) atoms. The second-order valence-electron chi connectivity index (χ2n) is 2.66. The maximum atomic E-state index is 10.6. The molecule has 0 atom stereocenters. The topological polar surface area (TPSA) is 44.7 Å². The van der Waals surface area contributed by atoms with Crippen molar-refractivity contribution in [2.45, 2.75) is 13.3 Å². The average molecular weight is 155 g/mol. The van der Waals surface area contributed by atoms with Gasteiger partial charge in [-0.05, 0) is 6.42 Å². The molecule has 1 N–H and O–H groups in total. The Morgan fingerprint density at radius 2 is 2.45 bits per heavy atom. The molecular formula is C7H13N3O. The Balaban J connectivity index is 2.53. The number of hydrogen-bond acceptors (Lipinski definition) is 3. The second-order valence-corrected chi connectivity index (χ2v) is 2.66. The van der Waals surface area contributed by atoms with Gasteiger partial charge in [-0.1, -0.05) is 0 Å². The van der Waals surface area contributed by atoms with Crippen LogP contribution in [0.15, 0.2) is 4.99 Å². The number of guanidine groups is 1. The third kappa shape index (κ3) is 2.22. The van der Waals surface area contributed by atoms with Crippen molar-refractivity contribution in [2.24, 2.45) is 4.99 Å². The maximum absolute atomic E-state index is 10.6. The summed E-state index contributed by atoms with van der Waals surface area (Å²) < 4.78 is 0. The first-order valence-electron chi connectivity index (χ1n) is 3.73. The fraction of sp³-hybridized carbons (Fsp3) is 0.714. The Kier molecular flexibility index (Phi) is 2.46. The number of nitrogens with zero attached hydrogens (tertiary/aromatic N) is 2. The molecule has 1 amide bonds. The summed E-state index contributed by atoms with van der Waals surface area (Å²) in [6.45, 7) is 3.28. The first-order chi connectivity index (χ1) is 5.20. The summed E-state index contributed by atoms with van der Waals surface area (Å²) in [6.07, 6.45) is 1.07. The molecule has 0 aromatic carbocycles. The largest absolute Gasteiger partial charge is 0.346 e. The highest BCUT2D eigenvalue weighted by atomic mass is 16.1. The summed E-state index contributed by atoms with van der Waals surface area (Å²) in [5, 5.41) is 2.67. The van der Waals surface area contributed by atoms with Gasteiger partial charge in [-0.2, -0.15) is 0 Å². The molecule has 0 spiro atoms. The molecule has 0 unspecified atom stereocenters. The van der Waals surface area contributed by atoms with Gasteiger partial charge >= 0.3 is 0 Å². The summed E-state index contributed by atoms with van der Waals surface area (Å²) in [4.78, 5) is 16.7. The second kappa shape index (κ2) is 3.37. The summed E-state index contributed by atoms with van der Waals surface area (Å²) in [7, 11) is 1.92. The van der Waals surface area contributed by atoms with Crippen LogP contribution in [-0.2, 0) is 4.79 Å². The zero-order valence-electron chi connectivity index (χ0n) is 6.92. The fourth-order valence-electron chi connectivity index (χ4n) is 1.01. The van der Waals surface area contributed by atoms with Gasteiger partial charge in [0.1, 0.15) is 0 Å². The lowest BCUT2D eigenvalue weighted by Gasteiger charge is -2.24. The van der Waals surface area contributed by atoms with Gasteiger partial charge in [-0.3, -0.25) is 15.1 Å². The van der Waals surface area contributed by atoms with E-state index in [4.69, 9.17) is 0 Å². The molecule has 62 valence electrons. The van der Waals surface area contributed by atoms with Crippen molar-refractivity contribution >= 4 is 11.9 Å². The van der Waals surface area contributed by atoms with Crippen LogP contribution in [0.1, 0.15) is 13.3 Å². The summed E-state index contributed by atoms with van der Waals surface area (Å²) >= 11 is 0. The molecule has 0 fully saturated rings. The molecule has 1 rings (SSSR count). The number of hydrogen-bond donors (Lipinski definition) is 1. The van der Waals surface area contributed by atoms with Gasteiger partial charge in [-0.25, -0.2) is 0 Å². The molecule has 0 bridgehead atoms.